The number of carbonyl (C=O) groups is 1. The van der Waals surface area contributed by atoms with Crippen molar-refractivity contribution in [3.05, 3.63) is 81.3 Å². The molecule has 2 aromatic carbocycles. The molecule has 1 aliphatic heterocycles. The number of aryl methyl sites for hydroxylation is 2. The maximum atomic E-state index is 13.8. The molecule has 0 saturated carbocycles. The predicted molar refractivity (Wildman–Crippen MR) is 141 cm³/mol. The summed E-state index contributed by atoms with van der Waals surface area (Å²) in [6.45, 7) is 2.16. The first-order chi connectivity index (χ1) is 17.9. The normalized spacial score (nSPS) is 14.6. The highest BCUT2D eigenvalue weighted by Crippen LogP contribution is 2.35. The van der Waals surface area contributed by atoms with Gasteiger partial charge in [-0.2, -0.15) is 0 Å². The van der Waals surface area contributed by atoms with E-state index in [-0.39, 0.29) is 12.1 Å². The Hall–Kier alpha value is -4.04. The van der Waals surface area contributed by atoms with E-state index in [0.29, 0.717) is 30.0 Å². The number of aromatic nitrogens is 2. The Morgan fingerprint density at radius 2 is 1.84 bits per heavy atom. The van der Waals surface area contributed by atoms with Gasteiger partial charge in [0.05, 0.1) is 39.1 Å². The third kappa shape index (κ3) is 4.17. The van der Waals surface area contributed by atoms with Gasteiger partial charge in [0.15, 0.2) is 0 Å². The molecule has 1 atom stereocenters. The average molecular weight is 503 g/mol. The standard InChI is InChI=1S/C29H30N2O6/c1-5-17-13-23(29(34)37-4)28(33)30(16-20-8-10-22(35-2)15-25(20)36-3)27(17)19-7-6-18-12-21-9-11-26(32)31(21)24(18)14-19/h6-8,10,12-15,26,32H,5,9,11,16H2,1-4H3. The number of ether oxygens (including phenoxy) is 3. The van der Waals surface area contributed by atoms with Gasteiger partial charge in [0.2, 0.25) is 0 Å². The van der Waals surface area contributed by atoms with Gasteiger partial charge in [0.25, 0.3) is 5.56 Å². The van der Waals surface area contributed by atoms with Gasteiger partial charge in [-0.25, -0.2) is 4.79 Å². The third-order valence-electron chi connectivity index (χ3n) is 7.13. The summed E-state index contributed by atoms with van der Waals surface area (Å²) in [6.07, 6.45) is 1.53. The molecule has 1 aliphatic rings. The van der Waals surface area contributed by atoms with Crippen molar-refractivity contribution in [3.63, 3.8) is 0 Å². The minimum atomic E-state index is -0.676. The van der Waals surface area contributed by atoms with E-state index in [1.807, 2.05) is 41.8 Å². The molecule has 3 heterocycles. The molecule has 0 spiro atoms. The average Bonchev–Trinajstić information content (AvgIpc) is 3.47. The molecule has 37 heavy (non-hydrogen) atoms. The SMILES string of the molecule is CCc1cc(C(=O)OC)c(=O)n(Cc2ccc(OC)cc2OC)c1-c1ccc2cc3n(c2c1)C(O)CC3. The van der Waals surface area contributed by atoms with E-state index in [1.165, 1.54) is 7.11 Å². The number of benzene rings is 2. The second-order valence-corrected chi connectivity index (χ2v) is 9.14. The monoisotopic (exact) mass is 502 g/mol. The molecule has 4 aromatic rings. The van der Waals surface area contributed by atoms with Crippen LogP contribution in [0.15, 0.2) is 53.3 Å². The van der Waals surface area contributed by atoms with Crippen LogP contribution in [0.25, 0.3) is 22.2 Å². The zero-order chi connectivity index (χ0) is 26.3. The molecule has 0 saturated heterocycles. The minimum absolute atomic E-state index is 0.0179. The molecule has 0 radical (unpaired) electrons. The fourth-order valence-corrected chi connectivity index (χ4v) is 5.27. The summed E-state index contributed by atoms with van der Waals surface area (Å²) in [4.78, 5) is 26.3. The number of aliphatic hydroxyl groups is 1. The molecule has 0 aliphatic carbocycles. The molecule has 1 N–H and O–H groups in total. The van der Waals surface area contributed by atoms with Crippen LogP contribution in [0.4, 0.5) is 0 Å². The van der Waals surface area contributed by atoms with Gasteiger partial charge in [0.1, 0.15) is 23.3 Å². The smallest absolute Gasteiger partial charge is 0.343 e. The van der Waals surface area contributed by atoms with Crippen LogP contribution >= 0.6 is 0 Å². The zero-order valence-electron chi connectivity index (χ0n) is 21.4. The molecule has 0 fully saturated rings. The van der Waals surface area contributed by atoms with Crippen molar-refractivity contribution in [1.82, 2.24) is 9.13 Å². The van der Waals surface area contributed by atoms with Gasteiger partial charge < -0.3 is 28.5 Å². The van der Waals surface area contributed by atoms with Crippen molar-refractivity contribution in [2.75, 3.05) is 21.3 Å². The van der Waals surface area contributed by atoms with Crippen LogP contribution in [0.5, 0.6) is 11.5 Å². The summed E-state index contributed by atoms with van der Waals surface area (Å²) in [5.41, 5.74) is 4.67. The van der Waals surface area contributed by atoms with Gasteiger partial charge in [-0.05, 0) is 60.5 Å². The van der Waals surface area contributed by atoms with E-state index < -0.39 is 17.8 Å². The zero-order valence-corrected chi connectivity index (χ0v) is 21.4. The van der Waals surface area contributed by atoms with Crippen LogP contribution in [-0.4, -0.2) is 41.5 Å². The first kappa shape index (κ1) is 24.6. The predicted octanol–water partition coefficient (Wildman–Crippen LogP) is 4.32. The van der Waals surface area contributed by atoms with E-state index in [1.54, 1.807) is 30.9 Å². The summed E-state index contributed by atoms with van der Waals surface area (Å²) in [5.74, 6) is 0.531. The number of hydrogen-bond donors (Lipinski definition) is 1. The van der Waals surface area contributed by atoms with Gasteiger partial charge in [-0.1, -0.05) is 19.1 Å². The molecule has 1 unspecified atom stereocenters. The molecule has 192 valence electrons. The lowest BCUT2D eigenvalue weighted by molar-refractivity contribution is 0.0598. The summed E-state index contributed by atoms with van der Waals surface area (Å²) >= 11 is 0. The lowest BCUT2D eigenvalue weighted by Crippen LogP contribution is -2.30. The lowest BCUT2D eigenvalue weighted by Gasteiger charge is -2.20. The van der Waals surface area contributed by atoms with E-state index in [2.05, 4.69) is 6.07 Å². The van der Waals surface area contributed by atoms with Crippen molar-refractivity contribution >= 4 is 16.9 Å². The molecule has 2 aromatic heterocycles. The molecular weight excluding hydrogens is 472 g/mol. The van der Waals surface area contributed by atoms with Gasteiger partial charge in [-0.15, -0.1) is 0 Å². The van der Waals surface area contributed by atoms with Gasteiger partial charge in [-0.3, -0.25) is 4.79 Å². The van der Waals surface area contributed by atoms with Crippen molar-refractivity contribution in [2.45, 2.75) is 39.0 Å². The fraction of sp³-hybridized carbons (Fsp3) is 0.310. The number of hydrogen-bond acceptors (Lipinski definition) is 6. The van der Waals surface area contributed by atoms with Gasteiger partial charge >= 0.3 is 5.97 Å². The fourth-order valence-electron chi connectivity index (χ4n) is 5.27. The number of fused-ring (bicyclic) bond motifs is 3. The first-order valence-electron chi connectivity index (χ1n) is 12.3. The summed E-state index contributed by atoms with van der Waals surface area (Å²) in [6, 6.07) is 15.2. The Morgan fingerprint density at radius 3 is 2.54 bits per heavy atom. The molecule has 8 heteroatoms. The van der Waals surface area contributed by atoms with Crippen LogP contribution in [0, 0.1) is 0 Å². The number of carbonyl (C=O) groups excluding carboxylic acids is 1. The van der Waals surface area contributed by atoms with E-state index in [4.69, 9.17) is 14.2 Å². The van der Waals surface area contributed by atoms with E-state index >= 15 is 0 Å². The van der Waals surface area contributed by atoms with Crippen molar-refractivity contribution in [1.29, 1.82) is 0 Å². The van der Waals surface area contributed by atoms with Crippen LogP contribution < -0.4 is 15.0 Å². The number of esters is 1. The Morgan fingerprint density at radius 1 is 1.03 bits per heavy atom. The van der Waals surface area contributed by atoms with E-state index in [0.717, 1.165) is 39.7 Å². The lowest BCUT2D eigenvalue weighted by atomic mass is 9.99. The topological polar surface area (TPSA) is 91.9 Å². The molecular formula is C29H30N2O6. The molecule has 8 nitrogen and oxygen atoms in total. The number of methoxy groups -OCH3 is 3. The quantitative estimate of drug-likeness (QED) is 0.379. The highest BCUT2D eigenvalue weighted by atomic mass is 16.5. The van der Waals surface area contributed by atoms with Crippen molar-refractivity contribution < 1.29 is 24.1 Å². The highest BCUT2D eigenvalue weighted by Gasteiger charge is 2.25. The third-order valence-corrected chi connectivity index (χ3v) is 7.13. The van der Waals surface area contributed by atoms with Crippen LogP contribution in [0.3, 0.4) is 0 Å². The summed E-state index contributed by atoms with van der Waals surface area (Å²) < 4.78 is 19.4. The highest BCUT2D eigenvalue weighted by molar-refractivity contribution is 5.91. The Labute approximate surface area is 214 Å². The van der Waals surface area contributed by atoms with Crippen molar-refractivity contribution in [3.8, 4) is 22.8 Å². The summed E-state index contributed by atoms with van der Waals surface area (Å²) in [5, 5.41) is 11.6. The Bertz CT molecular complexity index is 1570. The maximum Gasteiger partial charge on any atom is 0.343 e. The maximum absolute atomic E-state index is 13.8. The number of aliphatic hydroxyl groups excluding tert-OH is 1. The molecule has 5 rings (SSSR count). The molecule has 0 amide bonds. The number of pyridine rings is 1. The van der Waals surface area contributed by atoms with Crippen LogP contribution in [-0.2, 0) is 24.1 Å². The second kappa shape index (κ2) is 9.78. The second-order valence-electron chi connectivity index (χ2n) is 9.14. The van der Waals surface area contributed by atoms with E-state index in [9.17, 15) is 14.7 Å². The van der Waals surface area contributed by atoms with Crippen molar-refractivity contribution in [2.24, 2.45) is 0 Å². The molecule has 0 bridgehead atoms. The van der Waals surface area contributed by atoms with Crippen LogP contribution in [0.1, 0.15) is 46.8 Å². The largest absolute Gasteiger partial charge is 0.497 e. The summed E-state index contributed by atoms with van der Waals surface area (Å²) in [7, 11) is 4.41. The van der Waals surface area contributed by atoms with Crippen LogP contribution in [0.2, 0.25) is 0 Å². The minimum Gasteiger partial charge on any atom is -0.497 e. The number of rotatable bonds is 7. The Kier molecular flexibility index (Phi) is 6.52. The van der Waals surface area contributed by atoms with Gasteiger partial charge in [0, 0.05) is 22.9 Å². The Balaban J connectivity index is 1.76. The first-order valence-corrected chi connectivity index (χ1v) is 12.3. The number of nitrogens with zero attached hydrogens (tertiary/aromatic N) is 2.